The lowest BCUT2D eigenvalue weighted by atomic mass is 10.2. The molecule has 2 heterocycles. The molecule has 114 valence electrons. The van der Waals surface area contributed by atoms with Crippen LogP contribution >= 0.6 is 0 Å². The number of oxazole rings is 1. The Kier molecular flexibility index (Phi) is 3.80. The van der Waals surface area contributed by atoms with E-state index >= 15 is 0 Å². The predicted molar refractivity (Wildman–Crippen MR) is 75.3 cm³/mol. The highest BCUT2D eigenvalue weighted by atomic mass is 16.4. The Bertz CT molecular complexity index is 541. The van der Waals surface area contributed by atoms with E-state index in [0.717, 1.165) is 37.1 Å². The first kappa shape index (κ1) is 14.3. The molecule has 2 amide bonds. The molecule has 1 unspecified atom stereocenters. The molecule has 3 rings (SSSR count). The summed E-state index contributed by atoms with van der Waals surface area (Å²) in [6, 6.07) is -0.325. The van der Waals surface area contributed by atoms with Crippen LogP contribution in [0.5, 0.6) is 0 Å². The summed E-state index contributed by atoms with van der Waals surface area (Å²) in [7, 11) is 0. The Balaban J connectivity index is 1.61. The Hall–Kier alpha value is -1.69. The van der Waals surface area contributed by atoms with Gasteiger partial charge in [-0.05, 0) is 26.7 Å². The maximum atomic E-state index is 12.4. The molecule has 2 aliphatic rings. The van der Waals surface area contributed by atoms with Gasteiger partial charge in [0.25, 0.3) is 0 Å². The Morgan fingerprint density at radius 3 is 2.62 bits per heavy atom. The average Bonchev–Trinajstić information content (AvgIpc) is 3.11. The van der Waals surface area contributed by atoms with Crippen LogP contribution in [0.2, 0.25) is 0 Å². The molecule has 21 heavy (non-hydrogen) atoms. The molecule has 1 aromatic rings. The third-order valence-corrected chi connectivity index (χ3v) is 4.45. The molecule has 0 aromatic carbocycles. The topological polar surface area (TPSA) is 75.4 Å². The summed E-state index contributed by atoms with van der Waals surface area (Å²) in [5.74, 6) is 1.20. The number of imide groups is 1. The van der Waals surface area contributed by atoms with Crippen molar-refractivity contribution in [3.05, 3.63) is 17.3 Å². The summed E-state index contributed by atoms with van der Waals surface area (Å²) in [4.78, 5) is 30.2. The van der Waals surface area contributed by atoms with Crippen molar-refractivity contribution in [3.8, 4) is 0 Å². The van der Waals surface area contributed by atoms with Crippen molar-refractivity contribution < 1.29 is 14.0 Å². The van der Waals surface area contributed by atoms with Gasteiger partial charge in [0.2, 0.25) is 17.7 Å². The number of hydrogen-bond acceptors (Lipinski definition) is 5. The molecule has 1 atom stereocenters. The fourth-order valence-electron chi connectivity index (χ4n) is 3.18. The zero-order valence-corrected chi connectivity index (χ0v) is 12.5. The standard InChI is InChI=1S/C15H21N3O3/c1-9-10(2)21-13(17-9)8-16-12-7-14(19)18(15(12)20)11-5-3-4-6-11/h11-12,16H,3-8H2,1-2H3. The summed E-state index contributed by atoms with van der Waals surface area (Å²) >= 11 is 0. The van der Waals surface area contributed by atoms with Crippen molar-refractivity contribution in [2.75, 3.05) is 0 Å². The van der Waals surface area contributed by atoms with Crippen molar-refractivity contribution in [2.24, 2.45) is 0 Å². The first-order valence-electron chi connectivity index (χ1n) is 7.58. The molecular weight excluding hydrogens is 270 g/mol. The molecule has 6 nitrogen and oxygen atoms in total. The second-order valence-corrected chi connectivity index (χ2v) is 5.93. The molecule has 1 aliphatic heterocycles. The van der Waals surface area contributed by atoms with Crippen LogP contribution in [-0.2, 0) is 16.1 Å². The maximum absolute atomic E-state index is 12.4. The Labute approximate surface area is 123 Å². The van der Waals surface area contributed by atoms with Gasteiger partial charge in [-0.15, -0.1) is 0 Å². The second kappa shape index (κ2) is 5.60. The number of hydrogen-bond donors (Lipinski definition) is 1. The largest absolute Gasteiger partial charge is 0.444 e. The molecule has 1 saturated heterocycles. The predicted octanol–water partition coefficient (Wildman–Crippen LogP) is 1.45. The first-order valence-corrected chi connectivity index (χ1v) is 7.58. The number of aryl methyl sites for hydroxylation is 2. The number of aromatic nitrogens is 1. The van der Waals surface area contributed by atoms with E-state index in [0.29, 0.717) is 12.4 Å². The molecule has 1 saturated carbocycles. The van der Waals surface area contributed by atoms with E-state index in [2.05, 4.69) is 10.3 Å². The van der Waals surface area contributed by atoms with Gasteiger partial charge in [0, 0.05) is 6.04 Å². The third kappa shape index (κ3) is 2.72. The number of likely N-dealkylation sites (tertiary alicyclic amines) is 1. The van der Waals surface area contributed by atoms with Gasteiger partial charge in [0.05, 0.1) is 24.7 Å². The van der Waals surface area contributed by atoms with Gasteiger partial charge >= 0.3 is 0 Å². The second-order valence-electron chi connectivity index (χ2n) is 5.93. The van der Waals surface area contributed by atoms with Gasteiger partial charge < -0.3 is 4.42 Å². The SMILES string of the molecule is Cc1nc(CNC2CC(=O)N(C3CCCC3)C2=O)oc1C. The monoisotopic (exact) mass is 291 g/mol. The molecule has 2 fully saturated rings. The Morgan fingerprint density at radius 2 is 2.00 bits per heavy atom. The van der Waals surface area contributed by atoms with Crippen LogP contribution in [0.25, 0.3) is 0 Å². The minimum absolute atomic E-state index is 0.0517. The zero-order valence-electron chi connectivity index (χ0n) is 12.5. The van der Waals surface area contributed by atoms with Gasteiger partial charge in [0.15, 0.2) is 0 Å². The van der Waals surface area contributed by atoms with Gasteiger partial charge in [-0.1, -0.05) is 12.8 Å². The minimum Gasteiger partial charge on any atom is -0.444 e. The molecule has 0 radical (unpaired) electrons. The molecule has 1 aromatic heterocycles. The maximum Gasteiger partial charge on any atom is 0.247 e. The van der Waals surface area contributed by atoms with Crippen molar-refractivity contribution in [1.29, 1.82) is 0 Å². The highest BCUT2D eigenvalue weighted by Gasteiger charge is 2.42. The molecule has 1 N–H and O–H groups in total. The first-order chi connectivity index (χ1) is 10.1. The summed E-state index contributed by atoms with van der Waals surface area (Å²) < 4.78 is 5.48. The fraction of sp³-hybridized carbons (Fsp3) is 0.667. The van der Waals surface area contributed by atoms with Crippen LogP contribution in [0.3, 0.4) is 0 Å². The van der Waals surface area contributed by atoms with E-state index in [4.69, 9.17) is 4.42 Å². The summed E-state index contributed by atoms with van der Waals surface area (Å²) in [6.45, 7) is 4.11. The van der Waals surface area contributed by atoms with Crippen LogP contribution < -0.4 is 5.32 Å². The lowest BCUT2D eigenvalue weighted by Crippen LogP contribution is -2.42. The molecule has 6 heteroatoms. The highest BCUT2D eigenvalue weighted by molar-refractivity contribution is 6.05. The quantitative estimate of drug-likeness (QED) is 0.850. The van der Waals surface area contributed by atoms with Gasteiger partial charge in [-0.2, -0.15) is 0 Å². The van der Waals surface area contributed by atoms with E-state index in [-0.39, 0.29) is 24.3 Å². The minimum atomic E-state index is -0.439. The zero-order chi connectivity index (χ0) is 15.0. The van der Waals surface area contributed by atoms with E-state index in [1.165, 1.54) is 4.90 Å². The Morgan fingerprint density at radius 1 is 1.29 bits per heavy atom. The van der Waals surface area contributed by atoms with Crippen molar-refractivity contribution in [2.45, 2.75) is 64.6 Å². The number of carbonyl (C=O) groups excluding carboxylic acids is 2. The summed E-state index contributed by atoms with van der Waals surface area (Å²) in [5, 5.41) is 3.10. The highest BCUT2D eigenvalue weighted by Crippen LogP contribution is 2.28. The normalized spacial score (nSPS) is 23.5. The number of amides is 2. The van der Waals surface area contributed by atoms with Gasteiger partial charge in [-0.25, -0.2) is 4.98 Å². The lowest BCUT2D eigenvalue weighted by Gasteiger charge is -2.22. The van der Waals surface area contributed by atoms with Crippen LogP contribution in [-0.4, -0.2) is 33.8 Å². The number of nitrogens with one attached hydrogen (secondary N) is 1. The van der Waals surface area contributed by atoms with E-state index < -0.39 is 6.04 Å². The number of carbonyl (C=O) groups is 2. The van der Waals surface area contributed by atoms with E-state index in [1.54, 1.807) is 0 Å². The van der Waals surface area contributed by atoms with Crippen molar-refractivity contribution in [1.82, 2.24) is 15.2 Å². The average molecular weight is 291 g/mol. The van der Waals surface area contributed by atoms with Crippen LogP contribution in [0.4, 0.5) is 0 Å². The number of rotatable bonds is 4. The molecule has 0 spiro atoms. The van der Waals surface area contributed by atoms with Crippen LogP contribution in [0.15, 0.2) is 4.42 Å². The van der Waals surface area contributed by atoms with Crippen molar-refractivity contribution in [3.63, 3.8) is 0 Å². The van der Waals surface area contributed by atoms with Gasteiger partial charge in [-0.3, -0.25) is 19.8 Å². The number of nitrogens with zero attached hydrogens (tertiary/aromatic N) is 2. The molecule has 0 bridgehead atoms. The lowest BCUT2D eigenvalue weighted by molar-refractivity contribution is -0.141. The molecule has 1 aliphatic carbocycles. The fourth-order valence-corrected chi connectivity index (χ4v) is 3.18. The smallest absolute Gasteiger partial charge is 0.247 e. The van der Waals surface area contributed by atoms with E-state index in [1.807, 2.05) is 13.8 Å². The summed E-state index contributed by atoms with van der Waals surface area (Å²) in [6.07, 6.45) is 4.35. The third-order valence-electron chi connectivity index (χ3n) is 4.45. The summed E-state index contributed by atoms with van der Waals surface area (Å²) in [5.41, 5.74) is 0.855. The van der Waals surface area contributed by atoms with Crippen molar-refractivity contribution >= 4 is 11.8 Å². The van der Waals surface area contributed by atoms with Gasteiger partial charge in [0.1, 0.15) is 5.76 Å². The molecular formula is C15H21N3O3. The van der Waals surface area contributed by atoms with E-state index in [9.17, 15) is 9.59 Å². The van der Waals surface area contributed by atoms with Crippen LogP contribution in [0.1, 0.15) is 49.4 Å². The van der Waals surface area contributed by atoms with Crippen LogP contribution in [0, 0.1) is 13.8 Å².